The molecule has 0 aliphatic heterocycles. The molecule has 7 heteroatoms. The van der Waals surface area contributed by atoms with Crippen molar-refractivity contribution in [3.63, 3.8) is 0 Å². The van der Waals surface area contributed by atoms with E-state index in [1.807, 2.05) is 0 Å². The zero-order valence-electron chi connectivity index (χ0n) is 13.4. The summed E-state index contributed by atoms with van der Waals surface area (Å²) < 4.78 is 5.64. The number of nitrogens with zero attached hydrogens (tertiary/aromatic N) is 1. The number of rotatable bonds is 8. The fourth-order valence-corrected chi connectivity index (χ4v) is 2.22. The topological polar surface area (TPSA) is 109 Å². The van der Waals surface area contributed by atoms with Gasteiger partial charge in [0.1, 0.15) is 12.3 Å². The molecule has 0 aliphatic carbocycles. The molecule has 1 aromatic carbocycles. The van der Waals surface area contributed by atoms with Gasteiger partial charge in [0.15, 0.2) is 11.4 Å². The minimum Gasteiger partial charge on any atom is -0.505 e. The summed E-state index contributed by atoms with van der Waals surface area (Å²) in [7, 11) is 0. The van der Waals surface area contributed by atoms with Crippen LogP contribution in [0.15, 0.2) is 24.4 Å². The molecule has 0 aliphatic rings. The summed E-state index contributed by atoms with van der Waals surface area (Å²) in [6.07, 6.45) is 4.64. The molecule has 24 heavy (non-hydrogen) atoms. The van der Waals surface area contributed by atoms with E-state index in [2.05, 4.69) is 17.2 Å². The minimum absolute atomic E-state index is 0.208. The van der Waals surface area contributed by atoms with Crippen molar-refractivity contribution in [3.05, 3.63) is 30.1 Å². The normalized spacial score (nSPS) is 10.5. The first kappa shape index (κ1) is 17.5. The molecule has 0 atom stereocenters. The second kappa shape index (κ2) is 8.14. The number of hydrogen-bond donors (Lipinski definition) is 3. The number of unbranched alkanes of at least 4 members (excludes halogenated alkanes) is 2. The number of carbonyl (C=O) groups is 2. The van der Waals surface area contributed by atoms with Gasteiger partial charge in [-0.2, -0.15) is 0 Å². The smallest absolute Gasteiger partial charge is 0.322 e. The van der Waals surface area contributed by atoms with Crippen LogP contribution >= 0.6 is 0 Å². The number of aromatic hydroxyl groups is 1. The predicted molar refractivity (Wildman–Crippen MR) is 88.4 cm³/mol. The molecule has 0 bridgehead atoms. The van der Waals surface area contributed by atoms with Gasteiger partial charge in [-0.3, -0.25) is 9.59 Å². The zero-order chi connectivity index (χ0) is 17.5. The third-order valence-corrected chi connectivity index (χ3v) is 3.47. The number of aromatic nitrogens is 1. The predicted octanol–water partition coefficient (Wildman–Crippen LogP) is 2.32. The van der Waals surface area contributed by atoms with Gasteiger partial charge in [0, 0.05) is 17.0 Å². The van der Waals surface area contributed by atoms with Crippen LogP contribution in [0, 0.1) is 0 Å². The van der Waals surface area contributed by atoms with E-state index in [4.69, 9.17) is 9.84 Å². The molecule has 2 rings (SSSR count). The van der Waals surface area contributed by atoms with E-state index in [1.165, 1.54) is 6.20 Å². The number of aliphatic carboxylic acids is 1. The standard InChI is InChI=1S/C17H20N2O5/c1-2-3-4-7-24-12-5-6-13-11(8-12)9-18-15(16(13)22)17(23)19-10-14(20)21/h5-6,8-9,22H,2-4,7,10H2,1H3,(H,19,23)(H,20,21). The molecular formula is C17H20N2O5. The quantitative estimate of drug-likeness (QED) is 0.640. The van der Waals surface area contributed by atoms with Crippen molar-refractivity contribution in [1.29, 1.82) is 0 Å². The van der Waals surface area contributed by atoms with Crippen LogP contribution in [0.3, 0.4) is 0 Å². The number of carboxylic acids is 1. The molecule has 1 aromatic heterocycles. The van der Waals surface area contributed by atoms with E-state index in [-0.39, 0.29) is 11.4 Å². The number of carboxylic acid groups (broad SMARTS) is 1. The highest BCUT2D eigenvalue weighted by Crippen LogP contribution is 2.29. The number of hydrogen-bond acceptors (Lipinski definition) is 5. The molecule has 0 saturated carbocycles. The molecule has 1 heterocycles. The summed E-state index contributed by atoms with van der Waals surface area (Å²) in [5.41, 5.74) is -0.208. The van der Waals surface area contributed by atoms with E-state index in [1.54, 1.807) is 18.2 Å². The number of pyridine rings is 1. The third-order valence-electron chi connectivity index (χ3n) is 3.47. The van der Waals surface area contributed by atoms with E-state index >= 15 is 0 Å². The largest absolute Gasteiger partial charge is 0.505 e. The third kappa shape index (κ3) is 4.34. The Labute approximate surface area is 139 Å². The van der Waals surface area contributed by atoms with Crippen molar-refractivity contribution in [1.82, 2.24) is 10.3 Å². The van der Waals surface area contributed by atoms with Gasteiger partial charge >= 0.3 is 5.97 Å². The molecule has 3 N–H and O–H groups in total. The summed E-state index contributed by atoms with van der Waals surface area (Å²) in [5.74, 6) is -1.53. The van der Waals surface area contributed by atoms with Crippen LogP contribution in [-0.2, 0) is 4.79 Å². The summed E-state index contributed by atoms with van der Waals surface area (Å²) in [6.45, 7) is 2.20. The van der Waals surface area contributed by atoms with E-state index in [0.717, 1.165) is 19.3 Å². The highest BCUT2D eigenvalue weighted by atomic mass is 16.5. The fraction of sp³-hybridized carbons (Fsp3) is 0.353. The maximum absolute atomic E-state index is 11.9. The molecule has 0 fully saturated rings. The Bertz CT molecular complexity index is 745. The van der Waals surface area contributed by atoms with Crippen molar-refractivity contribution < 1.29 is 24.5 Å². The highest BCUT2D eigenvalue weighted by Gasteiger charge is 2.16. The first-order valence-electron chi connectivity index (χ1n) is 7.77. The Morgan fingerprint density at radius 2 is 2.08 bits per heavy atom. The number of amides is 1. The van der Waals surface area contributed by atoms with Gasteiger partial charge in [0.2, 0.25) is 0 Å². The molecule has 2 aromatic rings. The molecule has 0 radical (unpaired) electrons. The van der Waals surface area contributed by atoms with Crippen LogP contribution in [-0.4, -0.2) is 40.2 Å². The lowest BCUT2D eigenvalue weighted by Crippen LogP contribution is -2.29. The Hall–Kier alpha value is -2.83. The number of carbonyl (C=O) groups excluding carboxylic acids is 1. The second-order valence-corrected chi connectivity index (χ2v) is 5.34. The number of fused-ring (bicyclic) bond motifs is 1. The number of ether oxygens (including phenoxy) is 1. The summed E-state index contributed by atoms with van der Waals surface area (Å²) in [5, 5.41) is 22.0. The van der Waals surface area contributed by atoms with Crippen LogP contribution in [0.1, 0.15) is 36.7 Å². The van der Waals surface area contributed by atoms with Crippen LogP contribution < -0.4 is 10.1 Å². The van der Waals surface area contributed by atoms with E-state index in [9.17, 15) is 14.7 Å². The zero-order valence-corrected chi connectivity index (χ0v) is 13.4. The lowest BCUT2D eigenvalue weighted by Gasteiger charge is -2.09. The Balaban J connectivity index is 2.16. The molecule has 128 valence electrons. The lowest BCUT2D eigenvalue weighted by atomic mass is 10.1. The minimum atomic E-state index is -1.17. The highest BCUT2D eigenvalue weighted by molar-refractivity contribution is 6.02. The van der Waals surface area contributed by atoms with Crippen molar-refractivity contribution in [2.75, 3.05) is 13.2 Å². The summed E-state index contributed by atoms with van der Waals surface area (Å²) >= 11 is 0. The fourth-order valence-electron chi connectivity index (χ4n) is 2.22. The Morgan fingerprint density at radius 3 is 2.79 bits per heavy atom. The van der Waals surface area contributed by atoms with E-state index in [0.29, 0.717) is 23.1 Å². The molecule has 0 unspecified atom stereocenters. The maximum Gasteiger partial charge on any atom is 0.322 e. The first-order chi connectivity index (χ1) is 11.5. The molecule has 7 nitrogen and oxygen atoms in total. The summed E-state index contributed by atoms with van der Waals surface area (Å²) in [6, 6.07) is 5.11. The second-order valence-electron chi connectivity index (χ2n) is 5.34. The van der Waals surface area contributed by atoms with Gasteiger partial charge in [-0.05, 0) is 24.6 Å². The SMILES string of the molecule is CCCCCOc1ccc2c(O)c(C(=O)NCC(=O)O)ncc2c1. The van der Waals surface area contributed by atoms with E-state index < -0.39 is 18.4 Å². The Kier molecular flexibility index (Phi) is 5.95. The van der Waals surface area contributed by atoms with Crippen LogP contribution in [0.5, 0.6) is 11.5 Å². The molecule has 0 saturated heterocycles. The average Bonchev–Trinajstić information content (AvgIpc) is 2.57. The van der Waals surface area contributed by atoms with Gasteiger partial charge in [0.25, 0.3) is 5.91 Å². The maximum atomic E-state index is 11.9. The number of nitrogens with one attached hydrogen (secondary N) is 1. The van der Waals surface area contributed by atoms with Crippen LogP contribution in [0.2, 0.25) is 0 Å². The molecular weight excluding hydrogens is 312 g/mol. The monoisotopic (exact) mass is 332 g/mol. The van der Waals surface area contributed by atoms with Gasteiger partial charge in [-0.1, -0.05) is 19.8 Å². The van der Waals surface area contributed by atoms with Gasteiger partial charge in [-0.25, -0.2) is 4.98 Å². The van der Waals surface area contributed by atoms with Crippen LogP contribution in [0.4, 0.5) is 0 Å². The van der Waals surface area contributed by atoms with Gasteiger partial charge < -0.3 is 20.3 Å². The first-order valence-corrected chi connectivity index (χ1v) is 7.77. The van der Waals surface area contributed by atoms with Crippen molar-refractivity contribution >= 4 is 22.6 Å². The van der Waals surface area contributed by atoms with Crippen LogP contribution in [0.25, 0.3) is 10.8 Å². The van der Waals surface area contributed by atoms with Crippen molar-refractivity contribution in [3.8, 4) is 11.5 Å². The Morgan fingerprint density at radius 1 is 1.29 bits per heavy atom. The van der Waals surface area contributed by atoms with Gasteiger partial charge in [0.05, 0.1) is 6.61 Å². The molecule has 0 spiro atoms. The number of benzene rings is 1. The summed E-state index contributed by atoms with van der Waals surface area (Å²) in [4.78, 5) is 26.3. The van der Waals surface area contributed by atoms with Gasteiger partial charge in [-0.15, -0.1) is 0 Å². The average molecular weight is 332 g/mol. The van der Waals surface area contributed by atoms with Crippen molar-refractivity contribution in [2.45, 2.75) is 26.2 Å². The van der Waals surface area contributed by atoms with Crippen molar-refractivity contribution in [2.24, 2.45) is 0 Å². The molecule has 1 amide bonds. The lowest BCUT2D eigenvalue weighted by molar-refractivity contribution is -0.135.